The fourth-order valence-electron chi connectivity index (χ4n) is 4.85. The number of nitrogens with one attached hydrogen (secondary N) is 2. The molecular weight excluding hydrogens is 558 g/mol. The second-order valence-electron chi connectivity index (χ2n) is 9.61. The number of carbonyl (C=O) groups is 3. The van der Waals surface area contributed by atoms with Gasteiger partial charge < -0.3 is 24.8 Å². The second kappa shape index (κ2) is 12.0. The lowest BCUT2D eigenvalue weighted by atomic mass is 10.1. The number of hydrogen-bond acceptors (Lipinski definition) is 9. The first kappa shape index (κ1) is 27.3. The van der Waals surface area contributed by atoms with Gasteiger partial charge in [-0.25, -0.2) is 4.99 Å². The van der Waals surface area contributed by atoms with Crippen LogP contribution in [0.1, 0.15) is 24.0 Å². The number of amidine groups is 2. The van der Waals surface area contributed by atoms with Crippen LogP contribution in [0.5, 0.6) is 17.2 Å². The molecule has 0 saturated carbocycles. The van der Waals surface area contributed by atoms with Gasteiger partial charge in [0.1, 0.15) is 17.6 Å². The summed E-state index contributed by atoms with van der Waals surface area (Å²) in [5.74, 6) is 1.59. The molecule has 42 heavy (non-hydrogen) atoms. The molecule has 0 bridgehead atoms. The third-order valence-corrected chi connectivity index (χ3v) is 7.85. The lowest BCUT2D eigenvalue weighted by molar-refractivity contribution is -0.122. The first-order valence-electron chi connectivity index (χ1n) is 13.3. The van der Waals surface area contributed by atoms with Crippen molar-refractivity contribution in [2.45, 2.75) is 25.4 Å². The largest absolute Gasteiger partial charge is 0.495 e. The molecule has 0 fully saturated rings. The predicted octanol–water partition coefficient (Wildman–Crippen LogP) is 3.85. The zero-order valence-corrected chi connectivity index (χ0v) is 23.5. The zero-order chi connectivity index (χ0) is 29.1. The van der Waals surface area contributed by atoms with Gasteiger partial charge in [-0.2, -0.15) is 4.99 Å². The van der Waals surface area contributed by atoms with Crippen LogP contribution in [0.15, 0.2) is 76.7 Å². The molecule has 0 aliphatic carbocycles. The molecule has 2 N–H and O–H groups in total. The molecule has 12 heteroatoms. The Morgan fingerprint density at radius 1 is 1.02 bits per heavy atom. The van der Waals surface area contributed by atoms with Crippen LogP contribution < -0.4 is 24.8 Å². The van der Waals surface area contributed by atoms with Gasteiger partial charge in [-0.1, -0.05) is 42.1 Å². The molecule has 0 spiro atoms. The third kappa shape index (κ3) is 5.66. The van der Waals surface area contributed by atoms with Gasteiger partial charge in [-0.15, -0.1) is 0 Å². The number of benzene rings is 3. The number of fused-ring (bicyclic) bond motifs is 4. The van der Waals surface area contributed by atoms with E-state index in [-0.39, 0.29) is 43.1 Å². The maximum atomic E-state index is 13.1. The number of hydrogen-bond donors (Lipinski definition) is 2. The Morgan fingerprint density at radius 2 is 1.83 bits per heavy atom. The van der Waals surface area contributed by atoms with Crippen molar-refractivity contribution in [2.75, 3.05) is 25.0 Å². The summed E-state index contributed by atoms with van der Waals surface area (Å²) in [4.78, 5) is 49.6. The van der Waals surface area contributed by atoms with Gasteiger partial charge in [-0.05, 0) is 48.4 Å². The highest BCUT2D eigenvalue weighted by molar-refractivity contribution is 8.14. The van der Waals surface area contributed by atoms with Crippen molar-refractivity contribution in [1.29, 1.82) is 0 Å². The van der Waals surface area contributed by atoms with E-state index in [1.807, 2.05) is 54.6 Å². The molecular formula is C30H27N5O6S. The average molecular weight is 586 g/mol. The number of ether oxygens (including phenoxy) is 3. The van der Waals surface area contributed by atoms with Crippen LogP contribution in [0.2, 0.25) is 0 Å². The molecule has 1 atom stereocenters. The molecule has 3 heterocycles. The molecule has 11 nitrogen and oxygen atoms in total. The smallest absolute Gasteiger partial charge is 0.270 e. The van der Waals surface area contributed by atoms with Crippen molar-refractivity contribution >= 4 is 51.9 Å². The molecule has 3 aromatic carbocycles. The Labute approximate surface area is 246 Å². The molecule has 6 rings (SSSR count). The number of anilines is 1. The number of carbonyl (C=O) groups excluding carboxylic acids is 3. The lowest BCUT2D eigenvalue weighted by Gasteiger charge is -2.31. The SMILES string of the molecule is COc1ccccc1NC(=O)CSC1=Nc2ccccc2C2=NC(=O)C(CCC(=O)NCc3ccc4c(c3)OCO4)N12. The van der Waals surface area contributed by atoms with Crippen LogP contribution in [-0.4, -0.2) is 59.3 Å². The van der Waals surface area contributed by atoms with Crippen LogP contribution in [0.3, 0.4) is 0 Å². The number of amides is 3. The Kier molecular flexibility index (Phi) is 7.78. The summed E-state index contributed by atoms with van der Waals surface area (Å²) >= 11 is 1.20. The van der Waals surface area contributed by atoms with Crippen LogP contribution in [0, 0.1) is 0 Å². The van der Waals surface area contributed by atoms with Crippen LogP contribution in [-0.2, 0) is 20.9 Å². The van der Waals surface area contributed by atoms with E-state index in [1.54, 1.807) is 17.0 Å². The Bertz CT molecular complexity index is 1620. The normalized spacial score (nSPS) is 16.3. The van der Waals surface area contributed by atoms with Gasteiger partial charge in [-0.3, -0.25) is 19.3 Å². The fraction of sp³-hybridized carbons (Fsp3) is 0.233. The summed E-state index contributed by atoms with van der Waals surface area (Å²) in [6.07, 6.45) is 0.335. The number of rotatable bonds is 9. The minimum absolute atomic E-state index is 0.0414. The maximum Gasteiger partial charge on any atom is 0.270 e. The van der Waals surface area contributed by atoms with Gasteiger partial charge in [0.05, 0.1) is 24.2 Å². The summed E-state index contributed by atoms with van der Waals surface area (Å²) in [6, 6.07) is 19.3. The van der Waals surface area contributed by atoms with E-state index in [2.05, 4.69) is 15.6 Å². The lowest BCUT2D eigenvalue weighted by Crippen LogP contribution is -2.44. The highest BCUT2D eigenvalue weighted by atomic mass is 32.2. The first-order chi connectivity index (χ1) is 20.5. The molecule has 3 aliphatic rings. The van der Waals surface area contributed by atoms with E-state index < -0.39 is 6.04 Å². The minimum atomic E-state index is -0.715. The summed E-state index contributed by atoms with van der Waals surface area (Å²) in [7, 11) is 1.54. The predicted molar refractivity (Wildman–Crippen MR) is 158 cm³/mol. The molecule has 3 aromatic rings. The van der Waals surface area contributed by atoms with Gasteiger partial charge in [0.25, 0.3) is 5.91 Å². The van der Waals surface area contributed by atoms with Crippen molar-refractivity contribution in [2.24, 2.45) is 9.98 Å². The van der Waals surface area contributed by atoms with Gasteiger partial charge in [0, 0.05) is 18.5 Å². The maximum absolute atomic E-state index is 13.1. The quantitative estimate of drug-likeness (QED) is 0.387. The highest BCUT2D eigenvalue weighted by Crippen LogP contribution is 2.36. The molecule has 0 aromatic heterocycles. The average Bonchev–Trinajstić information content (AvgIpc) is 3.61. The van der Waals surface area contributed by atoms with E-state index >= 15 is 0 Å². The van der Waals surface area contributed by atoms with E-state index in [0.717, 1.165) is 11.1 Å². The van der Waals surface area contributed by atoms with Crippen molar-refractivity contribution in [3.63, 3.8) is 0 Å². The molecule has 214 valence electrons. The molecule has 3 amide bonds. The molecule has 0 radical (unpaired) electrons. The number of para-hydroxylation sites is 3. The number of aliphatic imine (C=N–C) groups is 2. The van der Waals surface area contributed by atoms with Crippen LogP contribution in [0.25, 0.3) is 0 Å². The standard InChI is InChI=1S/C30H27N5O6S/c1-39-23-9-5-4-8-21(23)32-27(37)16-42-30-33-20-7-3-2-6-19(20)28-34-29(38)22(35(28)30)11-13-26(36)31-15-18-10-12-24-25(14-18)41-17-40-24/h2-10,12,14,22H,11,13,15-17H2,1H3,(H,31,36)(H,32,37). The van der Waals surface area contributed by atoms with Gasteiger partial charge in [0.2, 0.25) is 18.6 Å². The van der Waals surface area contributed by atoms with Gasteiger partial charge in [0.15, 0.2) is 16.7 Å². The summed E-state index contributed by atoms with van der Waals surface area (Å²) in [5.41, 5.74) is 2.82. The van der Waals surface area contributed by atoms with E-state index in [0.29, 0.717) is 46.2 Å². The number of nitrogens with zero attached hydrogens (tertiary/aromatic N) is 3. The van der Waals surface area contributed by atoms with Crippen LogP contribution in [0.4, 0.5) is 11.4 Å². The van der Waals surface area contributed by atoms with Crippen LogP contribution >= 0.6 is 11.8 Å². The van der Waals surface area contributed by atoms with Gasteiger partial charge >= 0.3 is 0 Å². The minimum Gasteiger partial charge on any atom is -0.495 e. The van der Waals surface area contributed by atoms with Crippen molar-refractivity contribution in [3.8, 4) is 17.2 Å². The Balaban J connectivity index is 1.12. The van der Waals surface area contributed by atoms with Crippen molar-refractivity contribution < 1.29 is 28.6 Å². The number of thioether (sulfide) groups is 1. The molecule has 0 saturated heterocycles. The van der Waals surface area contributed by atoms with E-state index in [9.17, 15) is 14.4 Å². The van der Waals surface area contributed by atoms with E-state index in [4.69, 9.17) is 19.2 Å². The van der Waals surface area contributed by atoms with E-state index in [1.165, 1.54) is 18.9 Å². The summed E-state index contributed by atoms with van der Waals surface area (Å²) in [6.45, 7) is 0.498. The second-order valence-corrected chi connectivity index (χ2v) is 10.6. The Hall–Kier alpha value is -4.84. The first-order valence-corrected chi connectivity index (χ1v) is 14.3. The molecule has 1 unspecified atom stereocenters. The zero-order valence-electron chi connectivity index (χ0n) is 22.7. The highest BCUT2D eigenvalue weighted by Gasteiger charge is 2.41. The summed E-state index contributed by atoms with van der Waals surface area (Å²) in [5, 5.41) is 6.23. The molecule has 3 aliphatic heterocycles. The topological polar surface area (TPSA) is 131 Å². The third-order valence-electron chi connectivity index (χ3n) is 6.89. The van der Waals surface area contributed by atoms with Crippen molar-refractivity contribution in [1.82, 2.24) is 10.2 Å². The summed E-state index contributed by atoms with van der Waals surface area (Å²) < 4.78 is 16.0. The Morgan fingerprint density at radius 3 is 2.71 bits per heavy atom. The monoisotopic (exact) mass is 585 g/mol. The fourth-order valence-corrected chi connectivity index (χ4v) is 5.70. The van der Waals surface area contributed by atoms with Crippen molar-refractivity contribution in [3.05, 3.63) is 77.9 Å². The number of methoxy groups -OCH3 is 1.